The van der Waals surface area contributed by atoms with Gasteiger partial charge in [-0.2, -0.15) is 0 Å². The average Bonchev–Trinajstić information content (AvgIpc) is 3.24. The van der Waals surface area contributed by atoms with Gasteiger partial charge in [0, 0.05) is 31.3 Å². The molecule has 2 N–H and O–H groups in total. The number of likely N-dealkylation sites (tertiary alicyclic amines) is 1. The van der Waals surface area contributed by atoms with Crippen LogP contribution in [-0.2, 0) is 9.53 Å². The second-order valence-corrected chi connectivity index (χ2v) is 9.44. The SMILES string of the molecule is COc1cc(O)c(C(=O)O)cc1-c1ccc([C@@H]2CC23CCN(C(=O)C2CCCO2)CC3)cc1. The van der Waals surface area contributed by atoms with E-state index in [-0.39, 0.29) is 28.7 Å². The highest BCUT2D eigenvalue weighted by atomic mass is 16.5. The number of carbonyl (C=O) groups is 2. The Morgan fingerprint density at radius 2 is 1.88 bits per heavy atom. The zero-order chi connectivity index (χ0) is 23.2. The Morgan fingerprint density at radius 3 is 2.48 bits per heavy atom. The van der Waals surface area contributed by atoms with Crippen LogP contribution in [0.25, 0.3) is 11.1 Å². The predicted octanol–water partition coefficient (Wildman–Crippen LogP) is 4.04. The van der Waals surface area contributed by atoms with Crippen LogP contribution in [0, 0.1) is 5.41 Å². The van der Waals surface area contributed by atoms with Gasteiger partial charge in [-0.1, -0.05) is 24.3 Å². The lowest BCUT2D eigenvalue weighted by molar-refractivity contribution is -0.142. The van der Waals surface area contributed by atoms with Crippen molar-refractivity contribution in [2.24, 2.45) is 5.41 Å². The summed E-state index contributed by atoms with van der Waals surface area (Å²) in [5.41, 5.74) is 2.87. The molecule has 7 heteroatoms. The van der Waals surface area contributed by atoms with Crippen molar-refractivity contribution in [3.05, 3.63) is 47.5 Å². The minimum absolute atomic E-state index is 0.152. The third-order valence-corrected chi connectivity index (χ3v) is 7.64. The Labute approximate surface area is 192 Å². The van der Waals surface area contributed by atoms with Crippen LogP contribution in [0.5, 0.6) is 11.5 Å². The number of aromatic hydroxyl groups is 1. The zero-order valence-corrected chi connectivity index (χ0v) is 18.8. The van der Waals surface area contributed by atoms with Crippen molar-refractivity contribution in [2.75, 3.05) is 26.8 Å². The van der Waals surface area contributed by atoms with Gasteiger partial charge in [0.15, 0.2) is 0 Å². The summed E-state index contributed by atoms with van der Waals surface area (Å²) in [4.78, 5) is 26.1. The maximum atomic E-state index is 12.6. The first kappa shape index (κ1) is 21.8. The molecule has 7 nitrogen and oxygen atoms in total. The molecule has 1 amide bonds. The van der Waals surface area contributed by atoms with Crippen molar-refractivity contribution in [2.45, 2.75) is 44.1 Å². The summed E-state index contributed by atoms with van der Waals surface area (Å²) in [6.07, 6.45) is 4.76. The maximum absolute atomic E-state index is 12.6. The van der Waals surface area contributed by atoms with Gasteiger partial charge in [0.2, 0.25) is 0 Å². The highest BCUT2D eigenvalue weighted by molar-refractivity contribution is 5.93. The first-order valence-corrected chi connectivity index (χ1v) is 11.6. The molecule has 2 atom stereocenters. The molecule has 1 saturated carbocycles. The molecule has 2 aromatic rings. The lowest BCUT2D eigenvalue weighted by atomic mass is 9.88. The van der Waals surface area contributed by atoms with Crippen molar-refractivity contribution in [3.8, 4) is 22.6 Å². The fourth-order valence-electron chi connectivity index (χ4n) is 5.55. The van der Waals surface area contributed by atoms with Crippen molar-refractivity contribution >= 4 is 11.9 Å². The summed E-state index contributed by atoms with van der Waals surface area (Å²) in [6.45, 7) is 2.30. The van der Waals surface area contributed by atoms with Gasteiger partial charge in [-0.15, -0.1) is 0 Å². The average molecular weight is 452 g/mol. The summed E-state index contributed by atoms with van der Waals surface area (Å²) in [6, 6.07) is 11.0. The predicted molar refractivity (Wildman–Crippen MR) is 122 cm³/mol. The van der Waals surface area contributed by atoms with E-state index < -0.39 is 5.97 Å². The Hall–Kier alpha value is -3.06. The van der Waals surface area contributed by atoms with E-state index in [1.165, 1.54) is 24.8 Å². The number of benzene rings is 2. The second-order valence-electron chi connectivity index (χ2n) is 9.44. The van der Waals surface area contributed by atoms with Crippen molar-refractivity contribution in [1.29, 1.82) is 0 Å². The lowest BCUT2D eigenvalue weighted by Gasteiger charge is -2.34. The van der Waals surface area contributed by atoms with Gasteiger partial charge < -0.3 is 24.6 Å². The van der Waals surface area contributed by atoms with Crippen LogP contribution in [0.1, 0.15) is 53.9 Å². The van der Waals surface area contributed by atoms with Gasteiger partial charge in [0.25, 0.3) is 5.91 Å². The number of aromatic carboxylic acids is 1. The molecule has 1 aliphatic carbocycles. The monoisotopic (exact) mass is 451 g/mol. The van der Waals surface area contributed by atoms with Crippen LogP contribution in [0.15, 0.2) is 36.4 Å². The number of carboxylic acids is 1. The molecule has 2 saturated heterocycles. The molecule has 2 aliphatic heterocycles. The van der Waals surface area contributed by atoms with E-state index in [0.717, 1.165) is 50.8 Å². The molecule has 1 spiro atoms. The van der Waals surface area contributed by atoms with Gasteiger partial charge in [-0.3, -0.25) is 4.79 Å². The highest BCUT2D eigenvalue weighted by Crippen LogP contribution is 2.65. The molecule has 5 rings (SSSR count). The quantitative estimate of drug-likeness (QED) is 0.712. The number of rotatable bonds is 5. The minimum Gasteiger partial charge on any atom is -0.507 e. The van der Waals surface area contributed by atoms with Gasteiger partial charge in [-0.05, 0) is 60.6 Å². The Morgan fingerprint density at radius 1 is 1.15 bits per heavy atom. The number of hydrogen-bond acceptors (Lipinski definition) is 5. The molecule has 3 fully saturated rings. The fourth-order valence-corrected chi connectivity index (χ4v) is 5.55. The zero-order valence-electron chi connectivity index (χ0n) is 18.8. The Balaban J connectivity index is 1.28. The number of methoxy groups -OCH3 is 1. The standard InChI is InChI=1S/C26H29NO6/c1-32-23-14-21(28)19(25(30)31)13-18(23)16-4-6-17(7-5-16)20-15-26(20)8-10-27(11-9-26)24(29)22-3-2-12-33-22/h4-7,13-14,20,22,28H,2-3,8-12,15H2,1H3,(H,30,31)/t20-,22?/m0/s1. The van der Waals surface area contributed by atoms with E-state index in [4.69, 9.17) is 9.47 Å². The van der Waals surface area contributed by atoms with Gasteiger partial charge in [0.05, 0.1) is 7.11 Å². The molecule has 0 bridgehead atoms. The van der Waals surface area contributed by atoms with E-state index in [2.05, 4.69) is 12.1 Å². The number of hydrogen-bond donors (Lipinski definition) is 2. The van der Waals surface area contributed by atoms with E-state index in [1.807, 2.05) is 17.0 Å². The number of amides is 1. The third-order valence-electron chi connectivity index (χ3n) is 7.64. The fraction of sp³-hybridized carbons (Fsp3) is 0.462. The lowest BCUT2D eigenvalue weighted by Crippen LogP contribution is -2.44. The second kappa shape index (κ2) is 8.37. The third kappa shape index (κ3) is 3.95. The Bertz CT molecular complexity index is 1060. The highest BCUT2D eigenvalue weighted by Gasteiger charge is 2.55. The molecule has 1 unspecified atom stereocenters. The smallest absolute Gasteiger partial charge is 0.339 e. The van der Waals surface area contributed by atoms with E-state index in [0.29, 0.717) is 23.8 Å². The molecule has 2 aromatic carbocycles. The van der Waals surface area contributed by atoms with Gasteiger partial charge in [0.1, 0.15) is 23.2 Å². The van der Waals surface area contributed by atoms with Gasteiger partial charge in [-0.25, -0.2) is 4.79 Å². The molecule has 174 valence electrons. The van der Waals surface area contributed by atoms with Crippen LogP contribution in [0.2, 0.25) is 0 Å². The van der Waals surface area contributed by atoms with Crippen molar-refractivity contribution in [1.82, 2.24) is 4.90 Å². The summed E-state index contributed by atoms with van der Waals surface area (Å²) < 4.78 is 10.9. The molecular formula is C26H29NO6. The van der Waals surface area contributed by atoms with Gasteiger partial charge >= 0.3 is 5.97 Å². The first-order chi connectivity index (χ1) is 15.9. The number of carbonyl (C=O) groups excluding carboxylic acids is 1. The van der Waals surface area contributed by atoms with Crippen LogP contribution in [0.4, 0.5) is 0 Å². The minimum atomic E-state index is -1.18. The van der Waals surface area contributed by atoms with Crippen LogP contribution < -0.4 is 4.74 Å². The Kier molecular flexibility index (Phi) is 5.52. The molecular weight excluding hydrogens is 422 g/mol. The number of nitrogens with zero attached hydrogens (tertiary/aromatic N) is 1. The van der Waals surface area contributed by atoms with Crippen LogP contribution >= 0.6 is 0 Å². The topological polar surface area (TPSA) is 96.3 Å². The first-order valence-electron chi connectivity index (χ1n) is 11.6. The van der Waals surface area contributed by atoms with E-state index in [1.54, 1.807) is 0 Å². The summed E-state index contributed by atoms with van der Waals surface area (Å²) >= 11 is 0. The summed E-state index contributed by atoms with van der Waals surface area (Å²) in [5, 5.41) is 19.3. The van der Waals surface area contributed by atoms with Crippen LogP contribution in [0.3, 0.4) is 0 Å². The largest absolute Gasteiger partial charge is 0.507 e. The summed E-state index contributed by atoms with van der Waals surface area (Å²) in [7, 11) is 1.50. The van der Waals surface area contributed by atoms with Crippen molar-refractivity contribution < 1.29 is 29.3 Å². The van der Waals surface area contributed by atoms with E-state index in [9.17, 15) is 19.8 Å². The molecule has 0 aromatic heterocycles. The van der Waals surface area contributed by atoms with E-state index >= 15 is 0 Å². The molecule has 33 heavy (non-hydrogen) atoms. The maximum Gasteiger partial charge on any atom is 0.339 e. The summed E-state index contributed by atoms with van der Waals surface area (Å²) in [5.74, 6) is -0.423. The molecule has 0 radical (unpaired) electrons. The van der Waals surface area contributed by atoms with Crippen molar-refractivity contribution in [3.63, 3.8) is 0 Å². The van der Waals surface area contributed by atoms with Crippen LogP contribution in [-0.4, -0.2) is 59.9 Å². The number of piperidine rings is 1. The number of phenols is 1. The normalized spacial score (nSPS) is 23.5. The number of carboxylic acid groups (broad SMARTS) is 1. The molecule has 2 heterocycles. The number of ether oxygens (including phenoxy) is 2. The molecule has 3 aliphatic rings.